The first kappa shape index (κ1) is 27.7. The van der Waals surface area contributed by atoms with Crippen molar-refractivity contribution in [2.75, 3.05) is 6.61 Å². The van der Waals surface area contributed by atoms with Gasteiger partial charge in [-0.15, -0.1) is 0 Å². The van der Waals surface area contributed by atoms with E-state index in [1.807, 2.05) is 0 Å². The highest BCUT2D eigenvalue weighted by molar-refractivity contribution is 6.01. The molecule has 1 fully saturated rings. The second-order valence-corrected chi connectivity index (χ2v) is 8.45. The predicted octanol–water partition coefficient (Wildman–Crippen LogP) is 0.939. The van der Waals surface area contributed by atoms with Gasteiger partial charge in [-0.25, -0.2) is 0 Å². The van der Waals surface area contributed by atoms with Gasteiger partial charge in [0, 0.05) is 32.4 Å². The van der Waals surface area contributed by atoms with E-state index in [0.29, 0.717) is 0 Å². The Morgan fingerprint density at radius 3 is 2.22 bits per heavy atom. The third-order valence-corrected chi connectivity index (χ3v) is 5.56. The van der Waals surface area contributed by atoms with Gasteiger partial charge in [-0.1, -0.05) is 12.1 Å². The van der Waals surface area contributed by atoms with Crippen molar-refractivity contribution in [1.29, 1.82) is 0 Å². The maximum Gasteiger partial charge on any atom is 0.303 e. The maximum absolute atomic E-state index is 13.0. The molecule has 2 aromatic carbocycles. The highest BCUT2D eigenvalue weighted by Gasteiger charge is 2.48. The minimum atomic E-state index is -1.77. The zero-order valence-electron chi connectivity index (χ0n) is 20.1. The SMILES string of the molecule is CC(=O)OC[C@H]1O[C@@H](Oc2cc(O)cc(O)c2C(=O)CCc2ccc(O)cc2)[C@H](O)[C@@H](OC(C)=O)[C@@H]1O. The van der Waals surface area contributed by atoms with Crippen LogP contribution in [0.15, 0.2) is 36.4 Å². The molecule has 12 heteroatoms. The van der Waals surface area contributed by atoms with Gasteiger partial charge in [0.25, 0.3) is 0 Å². The molecule has 0 aliphatic carbocycles. The summed E-state index contributed by atoms with van der Waals surface area (Å²) in [6.45, 7) is 1.72. The van der Waals surface area contributed by atoms with Gasteiger partial charge in [0.2, 0.25) is 6.29 Å². The van der Waals surface area contributed by atoms with Gasteiger partial charge in [-0.2, -0.15) is 0 Å². The Morgan fingerprint density at radius 2 is 1.59 bits per heavy atom. The van der Waals surface area contributed by atoms with Gasteiger partial charge >= 0.3 is 11.9 Å². The molecule has 0 bridgehead atoms. The number of hydrogen-bond acceptors (Lipinski definition) is 12. The summed E-state index contributed by atoms with van der Waals surface area (Å²) in [6, 6.07) is 8.16. The van der Waals surface area contributed by atoms with E-state index < -0.39 is 66.5 Å². The number of aliphatic hydroxyl groups excluding tert-OH is 2. The zero-order valence-corrected chi connectivity index (χ0v) is 20.1. The molecule has 0 unspecified atom stereocenters. The minimum absolute atomic E-state index is 0.0668. The average Bonchev–Trinajstić information content (AvgIpc) is 2.81. The molecule has 12 nitrogen and oxygen atoms in total. The van der Waals surface area contributed by atoms with Crippen molar-refractivity contribution >= 4 is 17.7 Å². The van der Waals surface area contributed by atoms with Gasteiger partial charge in [0.05, 0.1) is 0 Å². The summed E-state index contributed by atoms with van der Waals surface area (Å²) in [5, 5.41) is 51.1. The van der Waals surface area contributed by atoms with E-state index in [1.165, 1.54) is 12.1 Å². The second kappa shape index (κ2) is 11.9. The van der Waals surface area contributed by atoms with Crippen LogP contribution in [-0.4, -0.2) is 80.6 Å². The van der Waals surface area contributed by atoms with Gasteiger partial charge in [-0.3, -0.25) is 14.4 Å². The van der Waals surface area contributed by atoms with E-state index in [4.69, 9.17) is 18.9 Å². The van der Waals surface area contributed by atoms with E-state index in [0.717, 1.165) is 31.5 Å². The van der Waals surface area contributed by atoms with Gasteiger partial charge in [0.15, 0.2) is 18.0 Å². The lowest BCUT2D eigenvalue weighted by molar-refractivity contribution is -0.282. The molecular weight excluding hydrogens is 492 g/mol. The maximum atomic E-state index is 13.0. The monoisotopic (exact) mass is 520 g/mol. The minimum Gasteiger partial charge on any atom is -0.508 e. The number of aromatic hydroxyl groups is 3. The largest absolute Gasteiger partial charge is 0.508 e. The molecule has 0 amide bonds. The summed E-state index contributed by atoms with van der Waals surface area (Å²) < 4.78 is 21.1. The van der Waals surface area contributed by atoms with Crippen LogP contribution in [0, 0.1) is 0 Å². The first-order valence-electron chi connectivity index (χ1n) is 11.3. The van der Waals surface area contributed by atoms with Gasteiger partial charge in [0.1, 0.15) is 47.4 Å². The molecular formula is C25H28O12. The molecule has 0 aromatic heterocycles. The number of phenolic OH excluding ortho intramolecular Hbond substituents is 3. The second-order valence-electron chi connectivity index (χ2n) is 8.45. The number of aliphatic hydroxyl groups is 2. The van der Waals surface area contributed by atoms with Crippen LogP contribution in [0.3, 0.4) is 0 Å². The molecule has 1 saturated heterocycles. The number of esters is 2. The Kier molecular flexibility index (Phi) is 8.92. The molecule has 5 N–H and O–H groups in total. The number of ketones is 1. The zero-order chi connectivity index (χ0) is 27.3. The Bertz CT molecular complexity index is 1130. The molecule has 2 aromatic rings. The number of phenols is 3. The van der Waals surface area contributed by atoms with Crippen LogP contribution in [0.25, 0.3) is 0 Å². The Balaban J connectivity index is 1.86. The molecule has 5 atom stereocenters. The van der Waals surface area contributed by atoms with E-state index in [9.17, 15) is 39.9 Å². The van der Waals surface area contributed by atoms with E-state index >= 15 is 0 Å². The summed E-state index contributed by atoms with van der Waals surface area (Å²) in [5.74, 6) is -3.40. The molecule has 0 spiro atoms. The topological polar surface area (TPSA) is 189 Å². The normalized spacial score (nSPS) is 23.2. The Morgan fingerprint density at radius 1 is 0.919 bits per heavy atom. The molecule has 200 valence electrons. The van der Waals surface area contributed by atoms with Crippen LogP contribution >= 0.6 is 0 Å². The standard InChI is InChI=1S/C25H28O12/c1-12(26)34-11-20-22(32)24(35-13(2)27)23(33)25(37-20)36-19-10-16(29)9-18(31)21(19)17(30)8-5-14-3-6-15(28)7-4-14/h3-4,6-7,9-10,20,22-25,28-29,31-33H,5,8,11H2,1-2H3/t20-,22-,23-,24+,25-/m1/s1. The van der Waals surface area contributed by atoms with Crippen LogP contribution < -0.4 is 4.74 Å². The van der Waals surface area contributed by atoms with Crippen LogP contribution in [0.4, 0.5) is 0 Å². The predicted molar refractivity (Wildman–Crippen MR) is 124 cm³/mol. The summed E-state index contributed by atoms with van der Waals surface area (Å²) in [4.78, 5) is 35.8. The number of ether oxygens (including phenoxy) is 4. The van der Waals surface area contributed by atoms with Gasteiger partial charge < -0.3 is 44.5 Å². The Labute approximate surface area is 211 Å². The summed E-state index contributed by atoms with van der Waals surface area (Å²) in [6.07, 6.45) is -7.70. The summed E-state index contributed by atoms with van der Waals surface area (Å²) in [7, 11) is 0. The van der Waals surface area contributed by atoms with Crippen LogP contribution in [0.5, 0.6) is 23.0 Å². The Hall–Kier alpha value is -3.87. The number of carbonyl (C=O) groups is 3. The van der Waals surface area contributed by atoms with Crippen LogP contribution in [0.2, 0.25) is 0 Å². The number of aryl methyl sites for hydroxylation is 1. The lowest BCUT2D eigenvalue weighted by atomic mass is 9.98. The number of hydrogen-bond donors (Lipinski definition) is 5. The third kappa shape index (κ3) is 7.09. The van der Waals surface area contributed by atoms with Crippen LogP contribution in [0.1, 0.15) is 36.2 Å². The number of benzene rings is 2. The molecule has 3 rings (SSSR count). The molecule has 0 radical (unpaired) electrons. The lowest BCUT2D eigenvalue weighted by Gasteiger charge is -2.41. The fraction of sp³-hybridized carbons (Fsp3) is 0.400. The molecule has 1 aliphatic rings. The van der Waals surface area contributed by atoms with Crippen molar-refractivity contribution in [1.82, 2.24) is 0 Å². The fourth-order valence-electron chi connectivity index (χ4n) is 3.80. The highest BCUT2D eigenvalue weighted by atomic mass is 16.7. The third-order valence-electron chi connectivity index (χ3n) is 5.56. The molecule has 0 saturated carbocycles. The van der Waals surface area contributed by atoms with Crippen molar-refractivity contribution in [3.05, 3.63) is 47.5 Å². The number of rotatable bonds is 9. The van der Waals surface area contributed by atoms with Crippen molar-refractivity contribution in [2.45, 2.75) is 57.4 Å². The van der Waals surface area contributed by atoms with Crippen LogP contribution in [-0.2, 0) is 30.2 Å². The highest BCUT2D eigenvalue weighted by Crippen LogP contribution is 2.36. The average molecular weight is 520 g/mol. The van der Waals surface area contributed by atoms with Crippen molar-refractivity contribution in [2.24, 2.45) is 0 Å². The van der Waals surface area contributed by atoms with Crippen molar-refractivity contribution in [3.8, 4) is 23.0 Å². The molecule has 1 aliphatic heterocycles. The summed E-state index contributed by atoms with van der Waals surface area (Å²) >= 11 is 0. The van der Waals surface area contributed by atoms with Crippen molar-refractivity contribution < 1.29 is 58.9 Å². The lowest BCUT2D eigenvalue weighted by Crippen LogP contribution is -2.61. The van der Waals surface area contributed by atoms with Crippen molar-refractivity contribution in [3.63, 3.8) is 0 Å². The number of carbonyl (C=O) groups excluding carboxylic acids is 3. The quantitative estimate of drug-likeness (QED) is 0.233. The smallest absolute Gasteiger partial charge is 0.303 e. The number of Topliss-reactive ketones (excluding diaryl/α,β-unsaturated/α-hetero) is 1. The summed E-state index contributed by atoms with van der Waals surface area (Å²) in [5.41, 5.74) is 0.434. The van der Waals surface area contributed by atoms with E-state index in [-0.39, 0.29) is 29.9 Å². The first-order chi connectivity index (χ1) is 17.5. The van der Waals surface area contributed by atoms with E-state index in [2.05, 4.69) is 0 Å². The molecule has 37 heavy (non-hydrogen) atoms. The van der Waals surface area contributed by atoms with E-state index in [1.54, 1.807) is 12.1 Å². The first-order valence-corrected chi connectivity index (χ1v) is 11.3. The van der Waals surface area contributed by atoms with Gasteiger partial charge in [-0.05, 0) is 24.1 Å². The fourth-order valence-corrected chi connectivity index (χ4v) is 3.80. The molecule has 1 heterocycles.